The van der Waals surface area contributed by atoms with Crippen LogP contribution in [0.2, 0.25) is 0 Å². The number of carbonyl (C=O) groups excluding carboxylic acids is 1. The highest BCUT2D eigenvalue weighted by Gasteiger charge is 2.31. The van der Waals surface area contributed by atoms with Crippen LogP contribution in [0.3, 0.4) is 0 Å². The van der Waals surface area contributed by atoms with Crippen molar-refractivity contribution in [1.29, 1.82) is 0 Å². The van der Waals surface area contributed by atoms with Gasteiger partial charge in [-0.1, -0.05) is 35.0 Å². The summed E-state index contributed by atoms with van der Waals surface area (Å²) < 4.78 is 10.9. The molecule has 0 aliphatic carbocycles. The van der Waals surface area contributed by atoms with E-state index in [0.717, 1.165) is 18.4 Å². The van der Waals surface area contributed by atoms with Gasteiger partial charge < -0.3 is 19.1 Å². The quantitative estimate of drug-likeness (QED) is 0.848. The third-order valence-corrected chi connectivity index (χ3v) is 4.79. The smallest absolute Gasteiger partial charge is 0.324 e. The maximum absolute atomic E-state index is 12.4. The van der Waals surface area contributed by atoms with Crippen molar-refractivity contribution < 1.29 is 14.1 Å². The van der Waals surface area contributed by atoms with Gasteiger partial charge in [0.05, 0.1) is 0 Å². The minimum absolute atomic E-state index is 0.114. The molecule has 0 spiro atoms. The zero-order valence-corrected chi connectivity index (χ0v) is 14.4. The maximum Gasteiger partial charge on any atom is 0.324 e. The Balaban J connectivity index is 1.38. The van der Waals surface area contributed by atoms with Gasteiger partial charge in [-0.05, 0) is 19.8 Å². The molecule has 7 heteroatoms. The van der Waals surface area contributed by atoms with E-state index in [4.69, 9.17) is 9.26 Å². The van der Waals surface area contributed by atoms with E-state index in [1.807, 2.05) is 41.0 Å². The predicted molar refractivity (Wildman–Crippen MR) is 92.2 cm³/mol. The molecule has 0 unspecified atom stereocenters. The SMILES string of the molecule is Cc1ccc(-c2noc(N3CCN(C(=O)[C@H]4CCCO4)CC3)n2)cc1. The first-order chi connectivity index (χ1) is 12.2. The molecule has 1 aromatic heterocycles. The Labute approximate surface area is 146 Å². The van der Waals surface area contributed by atoms with Crippen molar-refractivity contribution >= 4 is 11.9 Å². The molecule has 0 saturated carbocycles. The summed E-state index contributed by atoms with van der Waals surface area (Å²) >= 11 is 0. The van der Waals surface area contributed by atoms with Gasteiger partial charge >= 0.3 is 6.01 Å². The van der Waals surface area contributed by atoms with E-state index in [9.17, 15) is 4.79 Å². The van der Waals surface area contributed by atoms with Crippen molar-refractivity contribution in [3.05, 3.63) is 29.8 Å². The topological polar surface area (TPSA) is 71.7 Å². The van der Waals surface area contributed by atoms with Crippen LogP contribution in [0, 0.1) is 6.92 Å². The fourth-order valence-corrected chi connectivity index (χ4v) is 3.26. The number of benzene rings is 1. The number of nitrogens with zero attached hydrogens (tertiary/aromatic N) is 4. The van der Waals surface area contributed by atoms with Crippen molar-refractivity contribution in [2.45, 2.75) is 25.9 Å². The number of rotatable bonds is 3. The lowest BCUT2D eigenvalue weighted by atomic mass is 10.1. The summed E-state index contributed by atoms with van der Waals surface area (Å²) in [5.74, 6) is 0.705. The highest BCUT2D eigenvalue weighted by atomic mass is 16.5. The Morgan fingerprint density at radius 2 is 1.92 bits per heavy atom. The van der Waals surface area contributed by atoms with Crippen LogP contribution in [0.5, 0.6) is 0 Å². The number of aryl methyl sites for hydroxylation is 1. The number of hydrogen-bond donors (Lipinski definition) is 0. The summed E-state index contributed by atoms with van der Waals surface area (Å²) in [7, 11) is 0. The van der Waals surface area contributed by atoms with Crippen molar-refractivity contribution in [3.63, 3.8) is 0 Å². The third kappa shape index (κ3) is 3.37. The first-order valence-corrected chi connectivity index (χ1v) is 8.77. The molecule has 0 bridgehead atoms. The average molecular weight is 342 g/mol. The molecule has 1 amide bonds. The van der Waals surface area contributed by atoms with Crippen LogP contribution in [0.4, 0.5) is 6.01 Å². The van der Waals surface area contributed by atoms with Gasteiger partial charge in [0.1, 0.15) is 6.10 Å². The largest absolute Gasteiger partial charge is 0.368 e. The highest BCUT2D eigenvalue weighted by Crippen LogP contribution is 2.22. The van der Waals surface area contributed by atoms with Gasteiger partial charge in [-0.2, -0.15) is 4.98 Å². The maximum atomic E-state index is 12.4. The van der Waals surface area contributed by atoms with Gasteiger partial charge in [-0.15, -0.1) is 0 Å². The second-order valence-electron chi connectivity index (χ2n) is 6.58. The summed E-state index contributed by atoms with van der Waals surface area (Å²) in [5.41, 5.74) is 2.13. The first-order valence-electron chi connectivity index (χ1n) is 8.77. The summed E-state index contributed by atoms with van der Waals surface area (Å²) in [6.07, 6.45) is 1.56. The average Bonchev–Trinajstić information content (AvgIpc) is 3.34. The fraction of sp³-hybridized carbons (Fsp3) is 0.500. The van der Waals surface area contributed by atoms with Gasteiger partial charge in [0.25, 0.3) is 5.91 Å². The van der Waals surface area contributed by atoms with E-state index in [1.54, 1.807) is 0 Å². The van der Waals surface area contributed by atoms with Crippen molar-refractivity contribution in [1.82, 2.24) is 15.0 Å². The molecule has 0 N–H and O–H groups in total. The van der Waals surface area contributed by atoms with E-state index in [0.29, 0.717) is 44.6 Å². The predicted octanol–water partition coefficient (Wildman–Crippen LogP) is 1.87. The van der Waals surface area contributed by atoms with Crippen LogP contribution in [0.15, 0.2) is 28.8 Å². The van der Waals surface area contributed by atoms with Gasteiger partial charge in [0, 0.05) is 38.3 Å². The number of carbonyl (C=O) groups is 1. The molecule has 7 nitrogen and oxygen atoms in total. The Morgan fingerprint density at radius 3 is 2.60 bits per heavy atom. The molecule has 25 heavy (non-hydrogen) atoms. The zero-order valence-electron chi connectivity index (χ0n) is 14.4. The Bertz CT molecular complexity index is 729. The molecule has 132 valence electrons. The number of aromatic nitrogens is 2. The van der Waals surface area contributed by atoms with Gasteiger partial charge in [0.15, 0.2) is 0 Å². The second kappa shape index (κ2) is 6.84. The molecule has 1 atom stereocenters. The van der Waals surface area contributed by atoms with Gasteiger partial charge in [-0.25, -0.2) is 0 Å². The molecular formula is C18H22N4O3. The van der Waals surface area contributed by atoms with Crippen LogP contribution in [0.1, 0.15) is 18.4 Å². The summed E-state index contributed by atoms with van der Waals surface area (Å²) in [4.78, 5) is 20.8. The van der Waals surface area contributed by atoms with Gasteiger partial charge in [-0.3, -0.25) is 4.79 Å². The normalized spacial score (nSPS) is 20.9. The van der Waals surface area contributed by atoms with Crippen LogP contribution in [0.25, 0.3) is 11.4 Å². The summed E-state index contributed by atoms with van der Waals surface area (Å²) in [6, 6.07) is 8.55. The van der Waals surface area contributed by atoms with E-state index in [1.165, 1.54) is 5.56 Å². The Kier molecular flexibility index (Phi) is 4.40. The van der Waals surface area contributed by atoms with E-state index in [-0.39, 0.29) is 12.0 Å². The summed E-state index contributed by atoms with van der Waals surface area (Å²) in [5, 5.41) is 4.08. The lowest BCUT2D eigenvalue weighted by Crippen LogP contribution is -2.51. The van der Waals surface area contributed by atoms with Crippen molar-refractivity contribution in [3.8, 4) is 11.4 Å². The third-order valence-electron chi connectivity index (χ3n) is 4.79. The lowest BCUT2D eigenvalue weighted by molar-refractivity contribution is -0.141. The minimum atomic E-state index is -0.247. The van der Waals surface area contributed by atoms with Crippen LogP contribution in [-0.4, -0.2) is 59.8 Å². The molecule has 4 rings (SSSR count). The zero-order chi connectivity index (χ0) is 17.2. The highest BCUT2D eigenvalue weighted by molar-refractivity contribution is 5.81. The minimum Gasteiger partial charge on any atom is -0.368 e. The van der Waals surface area contributed by atoms with E-state index >= 15 is 0 Å². The molecule has 2 aliphatic heterocycles. The fourth-order valence-electron chi connectivity index (χ4n) is 3.26. The van der Waals surface area contributed by atoms with Gasteiger partial charge in [0.2, 0.25) is 5.82 Å². The van der Waals surface area contributed by atoms with Crippen LogP contribution in [-0.2, 0) is 9.53 Å². The molecule has 2 fully saturated rings. The second-order valence-corrected chi connectivity index (χ2v) is 6.58. The number of piperazine rings is 1. The molecule has 2 saturated heterocycles. The van der Waals surface area contributed by atoms with Crippen molar-refractivity contribution in [2.75, 3.05) is 37.7 Å². The number of amides is 1. The van der Waals surface area contributed by atoms with Crippen molar-refractivity contribution in [2.24, 2.45) is 0 Å². The Hall–Kier alpha value is -2.41. The molecule has 2 aliphatic rings. The Morgan fingerprint density at radius 1 is 1.16 bits per heavy atom. The lowest BCUT2D eigenvalue weighted by Gasteiger charge is -2.34. The molecule has 0 radical (unpaired) electrons. The number of anilines is 1. The van der Waals surface area contributed by atoms with E-state index < -0.39 is 0 Å². The molecule has 1 aromatic carbocycles. The van der Waals surface area contributed by atoms with E-state index in [2.05, 4.69) is 10.1 Å². The summed E-state index contributed by atoms with van der Waals surface area (Å²) in [6.45, 7) is 5.42. The molecule has 3 heterocycles. The number of hydrogen-bond acceptors (Lipinski definition) is 6. The van der Waals surface area contributed by atoms with Crippen LogP contribution < -0.4 is 4.90 Å². The monoisotopic (exact) mass is 342 g/mol. The number of ether oxygens (including phenoxy) is 1. The molecule has 2 aromatic rings. The van der Waals surface area contributed by atoms with Crippen LogP contribution >= 0.6 is 0 Å². The standard InChI is InChI=1S/C18H22N4O3/c1-13-4-6-14(7-5-13)16-19-18(25-20-16)22-10-8-21(9-11-22)17(23)15-3-2-12-24-15/h4-7,15H,2-3,8-12H2,1H3/t15-/m1/s1. The molecular weight excluding hydrogens is 320 g/mol. The first kappa shape index (κ1) is 16.1.